The molecule has 2 aromatic rings. The number of carboxylic acids is 1. The van der Waals surface area contributed by atoms with Crippen molar-refractivity contribution in [2.75, 3.05) is 6.54 Å². The molecule has 0 saturated heterocycles. The second-order valence-electron chi connectivity index (χ2n) is 7.86. The maximum Gasteiger partial charge on any atom is 0.303 e. The molecule has 1 aromatic carbocycles. The van der Waals surface area contributed by atoms with Crippen LogP contribution in [0.25, 0.3) is 10.2 Å². The van der Waals surface area contributed by atoms with Crippen molar-refractivity contribution in [3.05, 3.63) is 28.8 Å². The quantitative estimate of drug-likeness (QED) is 0.595. The number of nitrogens with one attached hydrogen (secondary N) is 1. The van der Waals surface area contributed by atoms with Gasteiger partial charge in [0.2, 0.25) is 5.91 Å². The Morgan fingerprint density at radius 3 is 2.75 bits per heavy atom. The Labute approximate surface area is 170 Å². The highest BCUT2D eigenvalue weighted by Gasteiger charge is 2.39. The van der Waals surface area contributed by atoms with Gasteiger partial charge in [0.25, 0.3) is 0 Å². The van der Waals surface area contributed by atoms with E-state index in [-0.39, 0.29) is 12.3 Å². The normalized spacial score (nSPS) is 16.2. The van der Waals surface area contributed by atoms with Crippen molar-refractivity contribution in [3.8, 4) is 0 Å². The number of carbonyl (C=O) groups is 2. The molecule has 152 valence electrons. The summed E-state index contributed by atoms with van der Waals surface area (Å²) < 4.78 is 1.23. The fourth-order valence-corrected chi connectivity index (χ4v) is 5.14. The van der Waals surface area contributed by atoms with E-state index in [1.54, 1.807) is 11.3 Å². The summed E-state index contributed by atoms with van der Waals surface area (Å²) in [5.74, 6) is -0.763. The van der Waals surface area contributed by atoms with E-state index in [4.69, 9.17) is 5.11 Å². The van der Waals surface area contributed by atoms with Crippen molar-refractivity contribution in [3.63, 3.8) is 0 Å². The number of thiazole rings is 1. The summed E-state index contributed by atoms with van der Waals surface area (Å²) in [7, 11) is 0. The van der Waals surface area contributed by atoms with Gasteiger partial charge in [-0.25, -0.2) is 4.98 Å². The summed E-state index contributed by atoms with van der Waals surface area (Å²) in [4.78, 5) is 28.4. The molecule has 0 aliphatic heterocycles. The molecule has 1 aliphatic carbocycles. The number of amides is 1. The van der Waals surface area contributed by atoms with E-state index in [2.05, 4.69) is 35.4 Å². The van der Waals surface area contributed by atoms with Crippen LogP contribution in [0.1, 0.15) is 68.9 Å². The fraction of sp³-hybridized carbons (Fsp3) is 0.591. The van der Waals surface area contributed by atoms with Crippen LogP contribution < -0.4 is 5.32 Å². The first-order valence-corrected chi connectivity index (χ1v) is 11.2. The number of nitrogens with zero attached hydrogens (tertiary/aromatic N) is 1. The lowest BCUT2D eigenvalue weighted by Crippen LogP contribution is -2.43. The van der Waals surface area contributed by atoms with Gasteiger partial charge in [0, 0.05) is 18.4 Å². The largest absolute Gasteiger partial charge is 0.481 e. The van der Waals surface area contributed by atoms with E-state index in [0.29, 0.717) is 13.0 Å². The van der Waals surface area contributed by atoms with E-state index in [0.717, 1.165) is 56.9 Å². The highest BCUT2D eigenvalue weighted by molar-refractivity contribution is 7.18. The SMILES string of the molecule is CCc1nc2ccc(CCCNC(=O)C3(CCC(=O)O)CCCCC3)cc2s1. The third kappa shape index (κ3) is 5.10. The van der Waals surface area contributed by atoms with Crippen LogP contribution in [-0.4, -0.2) is 28.5 Å². The van der Waals surface area contributed by atoms with Crippen molar-refractivity contribution in [1.29, 1.82) is 0 Å². The lowest BCUT2D eigenvalue weighted by Gasteiger charge is -2.35. The van der Waals surface area contributed by atoms with Gasteiger partial charge >= 0.3 is 5.97 Å². The summed E-state index contributed by atoms with van der Waals surface area (Å²) in [6.45, 7) is 2.76. The van der Waals surface area contributed by atoms with Crippen LogP contribution in [0.5, 0.6) is 0 Å². The van der Waals surface area contributed by atoms with Crippen LogP contribution in [0.15, 0.2) is 18.2 Å². The molecule has 0 atom stereocenters. The van der Waals surface area contributed by atoms with Crippen molar-refractivity contribution >= 4 is 33.4 Å². The minimum Gasteiger partial charge on any atom is -0.481 e. The number of hydrogen-bond acceptors (Lipinski definition) is 4. The Morgan fingerprint density at radius 1 is 1.25 bits per heavy atom. The van der Waals surface area contributed by atoms with Gasteiger partial charge in [0.15, 0.2) is 0 Å². The van der Waals surface area contributed by atoms with E-state index >= 15 is 0 Å². The molecule has 1 heterocycles. The zero-order chi connectivity index (χ0) is 20.0. The summed E-state index contributed by atoms with van der Waals surface area (Å²) in [6.07, 6.45) is 8.08. The van der Waals surface area contributed by atoms with Crippen LogP contribution in [0, 0.1) is 5.41 Å². The predicted molar refractivity (Wildman–Crippen MR) is 113 cm³/mol. The highest BCUT2D eigenvalue weighted by atomic mass is 32.1. The number of rotatable bonds is 9. The Morgan fingerprint density at radius 2 is 2.04 bits per heavy atom. The number of hydrogen-bond donors (Lipinski definition) is 2. The molecule has 1 saturated carbocycles. The van der Waals surface area contributed by atoms with Gasteiger partial charge in [-0.15, -0.1) is 11.3 Å². The number of carbonyl (C=O) groups excluding carboxylic acids is 1. The molecule has 5 nitrogen and oxygen atoms in total. The molecule has 0 bridgehead atoms. The summed E-state index contributed by atoms with van der Waals surface area (Å²) >= 11 is 1.75. The monoisotopic (exact) mass is 402 g/mol. The molecule has 2 N–H and O–H groups in total. The Kier molecular flexibility index (Phi) is 7.05. The molecule has 0 radical (unpaired) electrons. The predicted octanol–water partition coefficient (Wildman–Crippen LogP) is 4.72. The highest BCUT2D eigenvalue weighted by Crippen LogP contribution is 2.40. The Hall–Kier alpha value is -1.95. The van der Waals surface area contributed by atoms with Gasteiger partial charge < -0.3 is 10.4 Å². The minimum absolute atomic E-state index is 0.0546. The maximum atomic E-state index is 12.8. The molecule has 1 fully saturated rings. The minimum atomic E-state index is -0.817. The van der Waals surface area contributed by atoms with Gasteiger partial charge in [-0.2, -0.15) is 0 Å². The van der Waals surface area contributed by atoms with Crippen LogP contribution in [0.2, 0.25) is 0 Å². The average molecular weight is 403 g/mol. The van der Waals surface area contributed by atoms with Gasteiger partial charge in [0.05, 0.1) is 15.2 Å². The lowest BCUT2D eigenvalue weighted by atomic mass is 9.70. The van der Waals surface area contributed by atoms with Crippen LogP contribution in [0.3, 0.4) is 0 Å². The third-order valence-corrected chi connectivity index (χ3v) is 7.00. The van der Waals surface area contributed by atoms with E-state index in [1.807, 2.05) is 0 Å². The van der Waals surface area contributed by atoms with E-state index in [9.17, 15) is 9.59 Å². The van der Waals surface area contributed by atoms with Crippen molar-refractivity contribution in [2.24, 2.45) is 5.41 Å². The zero-order valence-corrected chi connectivity index (χ0v) is 17.4. The molecule has 28 heavy (non-hydrogen) atoms. The maximum absolute atomic E-state index is 12.8. The molecule has 0 spiro atoms. The fourth-order valence-electron chi connectivity index (χ4n) is 4.17. The van der Waals surface area contributed by atoms with Crippen LogP contribution in [-0.2, 0) is 22.4 Å². The first-order chi connectivity index (χ1) is 13.5. The molecule has 1 aliphatic rings. The average Bonchev–Trinajstić information content (AvgIpc) is 3.12. The smallest absolute Gasteiger partial charge is 0.303 e. The number of aliphatic carboxylic acids is 1. The zero-order valence-electron chi connectivity index (χ0n) is 16.6. The summed E-state index contributed by atoms with van der Waals surface area (Å²) in [5.41, 5.74) is 1.86. The first kappa shape index (κ1) is 20.8. The number of benzene rings is 1. The van der Waals surface area contributed by atoms with Crippen LogP contribution >= 0.6 is 11.3 Å². The lowest BCUT2D eigenvalue weighted by molar-refractivity contribution is -0.139. The van der Waals surface area contributed by atoms with Crippen molar-refractivity contribution < 1.29 is 14.7 Å². The molecule has 0 unspecified atom stereocenters. The standard InChI is InChI=1S/C22H30N2O3S/c1-2-19-24-17-9-8-16(15-18(17)28-19)7-6-14-23-21(27)22(13-10-20(25)26)11-4-3-5-12-22/h8-9,15H,2-7,10-14H2,1H3,(H,23,27)(H,25,26). The second-order valence-corrected chi connectivity index (χ2v) is 8.97. The molecule has 1 aromatic heterocycles. The third-order valence-electron chi connectivity index (χ3n) is 5.84. The van der Waals surface area contributed by atoms with Crippen LogP contribution in [0.4, 0.5) is 0 Å². The summed E-state index contributed by atoms with van der Waals surface area (Å²) in [5, 5.41) is 13.3. The van der Waals surface area contributed by atoms with Crippen molar-refractivity contribution in [2.45, 2.75) is 71.1 Å². The number of fused-ring (bicyclic) bond motifs is 1. The summed E-state index contributed by atoms with van der Waals surface area (Å²) in [6, 6.07) is 6.42. The van der Waals surface area contributed by atoms with Gasteiger partial charge in [-0.05, 0) is 56.2 Å². The number of aromatic nitrogens is 1. The molecule has 1 amide bonds. The molecular formula is C22H30N2O3S. The van der Waals surface area contributed by atoms with Gasteiger partial charge in [-0.1, -0.05) is 32.3 Å². The molecule has 3 rings (SSSR count). The molecule has 6 heteroatoms. The molecular weight excluding hydrogens is 372 g/mol. The number of aryl methyl sites for hydroxylation is 2. The van der Waals surface area contributed by atoms with E-state index < -0.39 is 11.4 Å². The van der Waals surface area contributed by atoms with Gasteiger partial charge in [-0.3, -0.25) is 9.59 Å². The topological polar surface area (TPSA) is 79.3 Å². The Balaban J connectivity index is 1.51. The number of carboxylic acid groups (broad SMARTS) is 1. The Bertz CT molecular complexity index is 824. The van der Waals surface area contributed by atoms with Gasteiger partial charge in [0.1, 0.15) is 0 Å². The first-order valence-electron chi connectivity index (χ1n) is 10.4. The van der Waals surface area contributed by atoms with E-state index in [1.165, 1.54) is 15.3 Å². The van der Waals surface area contributed by atoms with Crippen molar-refractivity contribution in [1.82, 2.24) is 10.3 Å². The second kappa shape index (κ2) is 9.50.